The quantitative estimate of drug-likeness (QED) is 0.382. The normalized spacial score (nSPS) is 20.7. The molecule has 0 aromatic heterocycles. The molecule has 1 aliphatic carbocycles. The molecule has 0 spiro atoms. The molecular weight excluding hydrogens is 406 g/mol. The molecular formula is C26H29NO5. The van der Waals surface area contributed by atoms with Gasteiger partial charge in [-0.05, 0) is 49.1 Å². The number of ketones is 1. The summed E-state index contributed by atoms with van der Waals surface area (Å²) in [4.78, 5) is 28.0. The largest absolute Gasteiger partial charge is 0.507 e. The van der Waals surface area contributed by atoms with Crippen molar-refractivity contribution in [3.63, 3.8) is 0 Å². The van der Waals surface area contributed by atoms with Crippen molar-refractivity contribution >= 4 is 17.4 Å². The van der Waals surface area contributed by atoms with Crippen LogP contribution in [0.5, 0.6) is 11.5 Å². The van der Waals surface area contributed by atoms with Gasteiger partial charge in [0, 0.05) is 6.04 Å². The van der Waals surface area contributed by atoms with Gasteiger partial charge in [-0.1, -0.05) is 44.0 Å². The Morgan fingerprint density at radius 3 is 2.41 bits per heavy atom. The van der Waals surface area contributed by atoms with Crippen molar-refractivity contribution < 1.29 is 24.2 Å². The van der Waals surface area contributed by atoms with E-state index < -0.39 is 17.7 Å². The topological polar surface area (TPSA) is 76.1 Å². The van der Waals surface area contributed by atoms with Crippen molar-refractivity contribution in [1.82, 2.24) is 4.90 Å². The van der Waals surface area contributed by atoms with E-state index in [1.165, 1.54) is 7.11 Å². The number of methoxy groups -OCH3 is 1. The molecule has 1 N–H and O–H groups in total. The first kappa shape index (κ1) is 21.9. The summed E-state index contributed by atoms with van der Waals surface area (Å²) in [5, 5.41) is 11.3. The fourth-order valence-electron chi connectivity index (χ4n) is 4.69. The van der Waals surface area contributed by atoms with Gasteiger partial charge in [-0.15, -0.1) is 0 Å². The minimum Gasteiger partial charge on any atom is -0.507 e. The van der Waals surface area contributed by atoms with Crippen LogP contribution in [-0.4, -0.2) is 41.5 Å². The molecule has 1 saturated heterocycles. The molecule has 1 aliphatic heterocycles. The maximum absolute atomic E-state index is 13.2. The van der Waals surface area contributed by atoms with Gasteiger partial charge in [0.2, 0.25) is 0 Å². The summed E-state index contributed by atoms with van der Waals surface area (Å²) < 4.78 is 11.1. The summed E-state index contributed by atoms with van der Waals surface area (Å²) in [5.74, 6) is -0.240. The second-order valence-corrected chi connectivity index (χ2v) is 8.26. The number of ether oxygens (including phenoxy) is 2. The van der Waals surface area contributed by atoms with Crippen molar-refractivity contribution in [2.45, 2.75) is 51.1 Å². The van der Waals surface area contributed by atoms with E-state index in [9.17, 15) is 14.7 Å². The highest BCUT2D eigenvalue weighted by molar-refractivity contribution is 6.46. The molecule has 168 valence electrons. The van der Waals surface area contributed by atoms with E-state index in [1.807, 2.05) is 31.2 Å². The second-order valence-electron chi connectivity index (χ2n) is 8.26. The molecule has 32 heavy (non-hydrogen) atoms. The molecule has 6 nitrogen and oxygen atoms in total. The Hall–Kier alpha value is -3.28. The van der Waals surface area contributed by atoms with E-state index >= 15 is 0 Å². The summed E-state index contributed by atoms with van der Waals surface area (Å²) in [6.45, 7) is 2.66. The molecule has 1 heterocycles. The number of rotatable bonds is 7. The Kier molecular flexibility index (Phi) is 6.49. The molecule has 2 aromatic rings. The highest BCUT2D eigenvalue weighted by Gasteiger charge is 2.49. The third kappa shape index (κ3) is 3.97. The maximum Gasteiger partial charge on any atom is 0.295 e. The average molecular weight is 436 g/mol. The molecule has 0 bridgehead atoms. The molecule has 1 saturated carbocycles. The molecule has 2 fully saturated rings. The van der Waals surface area contributed by atoms with Gasteiger partial charge in [0.15, 0.2) is 0 Å². The third-order valence-electron chi connectivity index (χ3n) is 6.23. The number of hydrogen-bond acceptors (Lipinski definition) is 5. The van der Waals surface area contributed by atoms with Crippen LogP contribution in [0.4, 0.5) is 0 Å². The molecule has 4 rings (SSSR count). The number of likely N-dealkylation sites (tertiary alicyclic amines) is 1. The van der Waals surface area contributed by atoms with Gasteiger partial charge >= 0.3 is 0 Å². The van der Waals surface area contributed by atoms with Crippen LogP contribution in [-0.2, 0) is 9.59 Å². The molecule has 1 amide bonds. The highest BCUT2D eigenvalue weighted by Crippen LogP contribution is 2.44. The molecule has 2 aromatic carbocycles. The van der Waals surface area contributed by atoms with E-state index in [-0.39, 0.29) is 17.4 Å². The molecule has 0 radical (unpaired) electrons. The van der Waals surface area contributed by atoms with Gasteiger partial charge in [-0.25, -0.2) is 0 Å². The average Bonchev–Trinajstić information content (AvgIpc) is 3.44. The summed E-state index contributed by atoms with van der Waals surface area (Å²) in [7, 11) is 1.51. The number of hydrogen-bond donors (Lipinski definition) is 1. The van der Waals surface area contributed by atoms with Crippen molar-refractivity contribution in [2.75, 3.05) is 13.7 Å². The Balaban J connectivity index is 1.83. The number of para-hydroxylation sites is 1. The van der Waals surface area contributed by atoms with Gasteiger partial charge in [-0.3, -0.25) is 9.59 Å². The lowest BCUT2D eigenvalue weighted by molar-refractivity contribution is -0.141. The van der Waals surface area contributed by atoms with Crippen LogP contribution in [0, 0.1) is 0 Å². The molecule has 1 atom stereocenters. The van der Waals surface area contributed by atoms with Gasteiger partial charge < -0.3 is 19.5 Å². The molecule has 2 aliphatic rings. The van der Waals surface area contributed by atoms with Gasteiger partial charge in [0.1, 0.15) is 17.3 Å². The number of carbonyl (C=O) groups is 2. The zero-order valence-electron chi connectivity index (χ0n) is 18.5. The van der Waals surface area contributed by atoms with Crippen LogP contribution in [0.25, 0.3) is 5.76 Å². The Bertz CT molecular complexity index is 1020. The van der Waals surface area contributed by atoms with E-state index in [2.05, 4.69) is 0 Å². The summed E-state index contributed by atoms with van der Waals surface area (Å²) in [6, 6.07) is 13.7. The highest BCUT2D eigenvalue weighted by atomic mass is 16.5. The van der Waals surface area contributed by atoms with Gasteiger partial charge in [0.05, 0.1) is 30.9 Å². The van der Waals surface area contributed by atoms with Crippen LogP contribution < -0.4 is 9.47 Å². The number of Topliss-reactive ketones (excluding diaryl/α,β-unsaturated/α-hetero) is 1. The first-order chi connectivity index (χ1) is 15.6. The number of nitrogens with zero attached hydrogens (tertiary/aromatic N) is 1. The Morgan fingerprint density at radius 1 is 1.06 bits per heavy atom. The smallest absolute Gasteiger partial charge is 0.295 e. The Morgan fingerprint density at radius 2 is 1.75 bits per heavy atom. The summed E-state index contributed by atoms with van der Waals surface area (Å²) in [5.41, 5.74) is 1.28. The van der Waals surface area contributed by atoms with Crippen LogP contribution >= 0.6 is 0 Å². The minimum atomic E-state index is -0.656. The SMILES string of the molecule is CCCOc1ccc(C2/C(=C(/O)c3ccccc3OC)C(=O)C(=O)N2C2CCCC2)cc1. The van der Waals surface area contributed by atoms with Crippen molar-refractivity contribution in [3.8, 4) is 11.5 Å². The van der Waals surface area contributed by atoms with Crippen molar-refractivity contribution in [1.29, 1.82) is 0 Å². The van der Waals surface area contributed by atoms with Crippen molar-refractivity contribution in [2.24, 2.45) is 0 Å². The first-order valence-corrected chi connectivity index (χ1v) is 11.2. The van der Waals surface area contributed by atoms with Crippen LogP contribution in [0.1, 0.15) is 56.2 Å². The molecule has 6 heteroatoms. The van der Waals surface area contributed by atoms with Gasteiger partial charge in [-0.2, -0.15) is 0 Å². The number of benzene rings is 2. The zero-order valence-corrected chi connectivity index (χ0v) is 18.5. The number of aliphatic hydroxyl groups excluding tert-OH is 1. The lowest BCUT2D eigenvalue weighted by Gasteiger charge is -2.31. The molecule has 1 unspecified atom stereocenters. The zero-order chi connectivity index (χ0) is 22.7. The van der Waals surface area contributed by atoms with Crippen LogP contribution in [0.2, 0.25) is 0 Å². The lowest BCUT2D eigenvalue weighted by atomic mass is 9.94. The number of aliphatic hydroxyl groups is 1. The minimum absolute atomic E-state index is 0.0181. The summed E-state index contributed by atoms with van der Waals surface area (Å²) >= 11 is 0. The first-order valence-electron chi connectivity index (χ1n) is 11.2. The third-order valence-corrected chi connectivity index (χ3v) is 6.23. The van der Waals surface area contributed by atoms with E-state index in [0.29, 0.717) is 17.9 Å². The second kappa shape index (κ2) is 9.47. The fraction of sp³-hybridized carbons (Fsp3) is 0.385. The summed E-state index contributed by atoms with van der Waals surface area (Å²) in [6.07, 6.45) is 4.67. The number of carbonyl (C=O) groups excluding carboxylic acids is 2. The predicted octanol–water partition coefficient (Wildman–Crippen LogP) is 4.85. The van der Waals surface area contributed by atoms with Crippen LogP contribution in [0.3, 0.4) is 0 Å². The number of amides is 1. The van der Waals surface area contributed by atoms with Crippen molar-refractivity contribution in [3.05, 3.63) is 65.2 Å². The van der Waals surface area contributed by atoms with E-state index in [4.69, 9.17) is 9.47 Å². The standard InChI is InChI=1S/C26H29NO5/c1-3-16-32-19-14-12-17(13-15-19)23-22(24(28)20-10-6-7-11-21(20)31-2)25(29)26(30)27(23)18-8-4-5-9-18/h6-7,10-15,18,23,28H,3-5,8-9,16H2,1-2H3/b24-22-. The van der Waals surface area contributed by atoms with E-state index in [1.54, 1.807) is 29.2 Å². The Labute approximate surface area is 188 Å². The monoisotopic (exact) mass is 435 g/mol. The van der Waals surface area contributed by atoms with Crippen LogP contribution in [0.15, 0.2) is 54.1 Å². The van der Waals surface area contributed by atoms with Gasteiger partial charge in [0.25, 0.3) is 11.7 Å². The lowest BCUT2D eigenvalue weighted by Crippen LogP contribution is -2.37. The maximum atomic E-state index is 13.2. The fourth-order valence-corrected chi connectivity index (χ4v) is 4.69. The van der Waals surface area contributed by atoms with E-state index in [0.717, 1.165) is 43.4 Å². The predicted molar refractivity (Wildman–Crippen MR) is 122 cm³/mol.